The Morgan fingerprint density at radius 1 is 0.673 bits per heavy atom. The van der Waals surface area contributed by atoms with Gasteiger partial charge in [0.25, 0.3) is 0 Å². The quantitative estimate of drug-likeness (QED) is 0.168. The van der Waals surface area contributed by atoms with Gasteiger partial charge in [0, 0.05) is 37.8 Å². The predicted molar refractivity (Wildman–Crippen MR) is 194 cm³/mol. The molecule has 2 aromatic heterocycles. The number of ether oxygens (including phenoxy) is 4. The van der Waals surface area contributed by atoms with Gasteiger partial charge in [0.05, 0.1) is 44.7 Å². The maximum absolute atomic E-state index is 11.6. The van der Waals surface area contributed by atoms with Gasteiger partial charge in [-0.15, -0.1) is 22.7 Å². The van der Waals surface area contributed by atoms with Crippen LogP contribution in [0.15, 0.2) is 42.5 Å². The molecule has 3 aromatic carbocycles. The van der Waals surface area contributed by atoms with Crippen LogP contribution in [0.25, 0.3) is 31.6 Å². The van der Waals surface area contributed by atoms with E-state index in [0.717, 1.165) is 58.6 Å². The third-order valence-corrected chi connectivity index (χ3v) is 11.0. The van der Waals surface area contributed by atoms with Crippen LogP contribution in [-0.2, 0) is 9.59 Å². The van der Waals surface area contributed by atoms with E-state index in [1.165, 1.54) is 0 Å². The second-order valence-electron chi connectivity index (χ2n) is 12.7. The van der Waals surface area contributed by atoms with Crippen LogP contribution >= 0.6 is 22.7 Å². The number of nitrogens with zero attached hydrogens (tertiary/aromatic N) is 2. The van der Waals surface area contributed by atoms with Crippen molar-refractivity contribution in [3.05, 3.63) is 58.0 Å². The Bertz CT molecular complexity index is 2010. The summed E-state index contributed by atoms with van der Waals surface area (Å²) >= 11 is 3.27. The van der Waals surface area contributed by atoms with E-state index in [1.807, 2.05) is 58.9 Å². The first-order valence-electron chi connectivity index (χ1n) is 16.4. The SMILES string of the molecule is COc1ccc(-c2cc(O[C@H](C)[C@H]3CNC(=O)C3)c3sc(C)nc3c2)cc1OC.Cc1cc(O[C@H](C)[C@H]2CNC(=O)C2)c2sc(C)nc2c1. The van der Waals surface area contributed by atoms with E-state index in [0.29, 0.717) is 37.4 Å². The van der Waals surface area contributed by atoms with E-state index in [1.54, 1.807) is 36.9 Å². The minimum Gasteiger partial charge on any atom is -0.493 e. The third kappa shape index (κ3) is 7.75. The van der Waals surface area contributed by atoms with Gasteiger partial charge in [0.1, 0.15) is 23.7 Å². The van der Waals surface area contributed by atoms with Gasteiger partial charge < -0.3 is 29.6 Å². The maximum Gasteiger partial charge on any atom is 0.220 e. The van der Waals surface area contributed by atoms with Crippen LogP contribution in [0.1, 0.15) is 42.3 Å². The monoisotopic (exact) mass is 702 g/mol. The van der Waals surface area contributed by atoms with E-state index in [2.05, 4.69) is 38.8 Å². The molecule has 0 radical (unpaired) electrons. The van der Waals surface area contributed by atoms with Crippen LogP contribution in [0.5, 0.6) is 23.0 Å². The fraction of sp³-hybridized carbons (Fsp3) is 0.405. The number of aromatic nitrogens is 2. The zero-order valence-corrected chi connectivity index (χ0v) is 30.5. The van der Waals surface area contributed by atoms with Crippen molar-refractivity contribution in [2.24, 2.45) is 11.8 Å². The topological polar surface area (TPSA) is 121 Å². The van der Waals surface area contributed by atoms with Crippen LogP contribution in [0.4, 0.5) is 0 Å². The molecule has 2 saturated heterocycles. The molecule has 2 aliphatic rings. The summed E-state index contributed by atoms with van der Waals surface area (Å²) < 4.78 is 25.4. The van der Waals surface area contributed by atoms with Gasteiger partial charge in [-0.3, -0.25) is 9.59 Å². The highest BCUT2D eigenvalue weighted by molar-refractivity contribution is 7.19. The van der Waals surface area contributed by atoms with Crippen molar-refractivity contribution < 1.29 is 28.5 Å². The van der Waals surface area contributed by atoms with E-state index >= 15 is 0 Å². The lowest BCUT2D eigenvalue weighted by Gasteiger charge is -2.20. The molecule has 5 aromatic rings. The molecule has 2 aliphatic heterocycles. The van der Waals surface area contributed by atoms with Crippen molar-refractivity contribution in [1.82, 2.24) is 20.6 Å². The maximum atomic E-state index is 11.6. The van der Waals surface area contributed by atoms with E-state index < -0.39 is 0 Å². The molecule has 4 heterocycles. The molecular formula is C37H42N4O6S2. The molecule has 0 aliphatic carbocycles. The standard InChI is InChI=1S/C22H24N2O4S.C15H18N2O2S/c1-12(16-10-21(25)23-11-16)28-20-9-15(7-17-22(20)29-13(2)24-17)14-5-6-18(26-3)19(8-14)27-4;1-8-4-12-15(20-10(3)17-12)13(5-8)19-9(2)11-6-14(18)16-7-11/h5-9,12,16H,10-11H2,1-4H3,(H,23,25);4-5,9,11H,6-7H2,1-3H3,(H,16,18)/t12-,16-;9-,11-/m11/s1. The first-order valence-corrected chi connectivity index (χ1v) is 18.0. The number of benzene rings is 3. The van der Waals surface area contributed by atoms with Gasteiger partial charge in [0.15, 0.2) is 11.5 Å². The number of hydrogen-bond donors (Lipinski definition) is 2. The zero-order valence-electron chi connectivity index (χ0n) is 28.8. The van der Waals surface area contributed by atoms with E-state index in [4.69, 9.17) is 18.9 Å². The van der Waals surface area contributed by atoms with Crippen molar-refractivity contribution in [3.63, 3.8) is 0 Å². The first kappa shape index (κ1) is 34.4. The second kappa shape index (κ2) is 14.6. The van der Waals surface area contributed by atoms with Crippen LogP contribution in [0.3, 0.4) is 0 Å². The zero-order chi connectivity index (χ0) is 34.8. The highest BCUT2D eigenvalue weighted by Crippen LogP contribution is 2.40. The average molecular weight is 703 g/mol. The summed E-state index contributed by atoms with van der Waals surface area (Å²) in [6.45, 7) is 11.5. The summed E-state index contributed by atoms with van der Waals surface area (Å²) in [6.07, 6.45) is 0.987. The van der Waals surface area contributed by atoms with Crippen molar-refractivity contribution in [3.8, 4) is 34.1 Å². The largest absolute Gasteiger partial charge is 0.493 e. The average Bonchev–Trinajstić information content (AvgIpc) is 3.87. The summed E-state index contributed by atoms with van der Waals surface area (Å²) in [5.74, 6) is 3.65. The Morgan fingerprint density at radius 3 is 1.69 bits per heavy atom. The van der Waals surface area contributed by atoms with Crippen molar-refractivity contribution in [2.45, 2.75) is 59.7 Å². The van der Waals surface area contributed by atoms with Gasteiger partial charge in [-0.2, -0.15) is 0 Å². The lowest BCUT2D eigenvalue weighted by Crippen LogP contribution is -2.25. The first-order chi connectivity index (χ1) is 23.5. The molecule has 4 atom stereocenters. The lowest BCUT2D eigenvalue weighted by molar-refractivity contribution is -0.120. The highest BCUT2D eigenvalue weighted by Gasteiger charge is 2.30. The van der Waals surface area contributed by atoms with Gasteiger partial charge in [0.2, 0.25) is 11.8 Å². The molecule has 2 amide bonds. The molecule has 0 saturated carbocycles. The minimum absolute atomic E-state index is 0.0151. The van der Waals surface area contributed by atoms with Gasteiger partial charge >= 0.3 is 0 Å². The van der Waals surface area contributed by atoms with Crippen molar-refractivity contribution in [1.29, 1.82) is 0 Å². The smallest absolute Gasteiger partial charge is 0.220 e. The molecule has 258 valence electrons. The summed E-state index contributed by atoms with van der Waals surface area (Å²) in [5, 5.41) is 7.77. The predicted octanol–water partition coefficient (Wildman–Crippen LogP) is 7.01. The fourth-order valence-corrected chi connectivity index (χ4v) is 7.94. The number of carbonyl (C=O) groups excluding carboxylic acids is 2. The number of methoxy groups -OCH3 is 2. The Morgan fingerprint density at radius 2 is 1.18 bits per heavy atom. The normalized spacial score (nSPS) is 18.4. The second-order valence-corrected chi connectivity index (χ2v) is 15.1. The van der Waals surface area contributed by atoms with Crippen molar-refractivity contribution in [2.75, 3.05) is 27.3 Å². The van der Waals surface area contributed by atoms with Crippen LogP contribution in [0, 0.1) is 32.6 Å². The van der Waals surface area contributed by atoms with Crippen LogP contribution in [-0.4, -0.2) is 61.3 Å². The highest BCUT2D eigenvalue weighted by atomic mass is 32.1. The molecule has 49 heavy (non-hydrogen) atoms. The number of thiazole rings is 2. The van der Waals surface area contributed by atoms with E-state index in [9.17, 15) is 9.59 Å². The molecular weight excluding hydrogens is 661 g/mol. The minimum atomic E-state index is -0.0831. The number of rotatable bonds is 9. The summed E-state index contributed by atoms with van der Waals surface area (Å²) in [4.78, 5) is 32.1. The number of aryl methyl sites for hydroxylation is 3. The Labute approximate surface area is 294 Å². The number of fused-ring (bicyclic) bond motifs is 2. The Hall–Kier alpha value is -4.42. The van der Waals surface area contributed by atoms with Gasteiger partial charge in [-0.1, -0.05) is 6.07 Å². The molecule has 0 spiro atoms. The number of hydrogen-bond acceptors (Lipinski definition) is 10. The molecule has 2 N–H and O–H groups in total. The van der Waals surface area contributed by atoms with Crippen molar-refractivity contribution >= 4 is 54.9 Å². The number of nitrogens with one attached hydrogen (secondary N) is 2. The lowest BCUT2D eigenvalue weighted by atomic mass is 10.0. The number of amides is 2. The van der Waals surface area contributed by atoms with Crippen LogP contribution in [0.2, 0.25) is 0 Å². The number of carbonyl (C=O) groups is 2. The summed E-state index contributed by atoms with van der Waals surface area (Å²) in [6, 6.07) is 14.1. The molecule has 12 heteroatoms. The summed E-state index contributed by atoms with van der Waals surface area (Å²) in [5.41, 5.74) is 5.03. The van der Waals surface area contributed by atoms with Gasteiger partial charge in [-0.05, 0) is 87.7 Å². The Kier molecular flexibility index (Phi) is 10.3. The molecule has 0 unspecified atom stereocenters. The molecule has 7 rings (SSSR count). The third-order valence-electron chi connectivity index (χ3n) is 8.96. The fourth-order valence-electron chi connectivity index (χ4n) is 6.23. The molecule has 2 fully saturated rings. The van der Waals surface area contributed by atoms with E-state index in [-0.39, 0.29) is 35.9 Å². The van der Waals surface area contributed by atoms with Gasteiger partial charge in [-0.25, -0.2) is 9.97 Å². The Balaban J connectivity index is 0.000000182. The summed E-state index contributed by atoms with van der Waals surface area (Å²) in [7, 11) is 3.25. The van der Waals surface area contributed by atoms with Crippen LogP contribution < -0.4 is 29.6 Å². The molecule has 0 bridgehead atoms. The molecule has 10 nitrogen and oxygen atoms in total.